The molecule has 2 N–H and O–H groups in total. The third-order valence-corrected chi connectivity index (χ3v) is 2.32. The molecule has 0 unspecified atom stereocenters. The molecule has 0 saturated heterocycles. The summed E-state index contributed by atoms with van der Waals surface area (Å²) < 4.78 is 22.4. The predicted molar refractivity (Wildman–Crippen MR) is 41.3 cm³/mol. The predicted octanol–water partition coefficient (Wildman–Crippen LogP) is -1.25. The molecule has 0 aromatic rings. The van der Waals surface area contributed by atoms with Gasteiger partial charge in [-0.05, 0) is 0 Å². The molecule has 0 aromatic heterocycles. The van der Waals surface area contributed by atoms with E-state index in [4.69, 9.17) is 5.73 Å². The Hall–Kier alpha value is -0.620. The first-order valence-electron chi connectivity index (χ1n) is 3.08. The van der Waals surface area contributed by atoms with Gasteiger partial charge in [0.05, 0.1) is 6.26 Å². The standard InChI is InChI=1S/C5H12N2O3S/c1-5(8)7(4-3-6)11(2,9)10/h3-4,6H2,1-2H3. The lowest BCUT2D eigenvalue weighted by atomic mass is 10.6. The summed E-state index contributed by atoms with van der Waals surface area (Å²) >= 11 is 0. The van der Waals surface area contributed by atoms with E-state index in [0.717, 1.165) is 10.6 Å². The van der Waals surface area contributed by atoms with Crippen LogP contribution < -0.4 is 5.73 Å². The molecule has 66 valence electrons. The number of carbonyl (C=O) groups excluding carboxylic acids is 1. The van der Waals surface area contributed by atoms with Crippen molar-refractivity contribution in [3.05, 3.63) is 0 Å². The lowest BCUT2D eigenvalue weighted by molar-refractivity contribution is -0.124. The zero-order valence-corrected chi connectivity index (χ0v) is 7.39. The lowest BCUT2D eigenvalue weighted by Gasteiger charge is -2.16. The maximum absolute atomic E-state index is 10.8. The highest BCUT2D eigenvalue weighted by Crippen LogP contribution is 1.96. The summed E-state index contributed by atoms with van der Waals surface area (Å²) in [5, 5.41) is 0. The van der Waals surface area contributed by atoms with E-state index >= 15 is 0 Å². The van der Waals surface area contributed by atoms with Crippen molar-refractivity contribution in [1.82, 2.24) is 4.31 Å². The minimum Gasteiger partial charge on any atom is -0.329 e. The second-order valence-corrected chi connectivity index (χ2v) is 4.05. The molecule has 0 spiro atoms. The molecule has 0 heterocycles. The fraction of sp³-hybridized carbons (Fsp3) is 0.800. The zero-order valence-electron chi connectivity index (χ0n) is 6.57. The van der Waals surface area contributed by atoms with E-state index in [-0.39, 0.29) is 13.1 Å². The SMILES string of the molecule is CC(=O)N(CCN)S(C)(=O)=O. The van der Waals surface area contributed by atoms with Gasteiger partial charge in [-0.2, -0.15) is 0 Å². The van der Waals surface area contributed by atoms with Gasteiger partial charge in [0, 0.05) is 20.0 Å². The van der Waals surface area contributed by atoms with E-state index in [1.807, 2.05) is 0 Å². The van der Waals surface area contributed by atoms with Crippen LogP contribution in [-0.2, 0) is 14.8 Å². The zero-order chi connectivity index (χ0) is 9.07. The molecule has 0 fully saturated rings. The molecule has 5 nitrogen and oxygen atoms in total. The average molecular weight is 180 g/mol. The number of nitrogens with two attached hydrogens (primary N) is 1. The van der Waals surface area contributed by atoms with E-state index in [0.29, 0.717) is 0 Å². The van der Waals surface area contributed by atoms with Gasteiger partial charge in [0.15, 0.2) is 0 Å². The van der Waals surface area contributed by atoms with Gasteiger partial charge in [0.1, 0.15) is 0 Å². The molecule has 11 heavy (non-hydrogen) atoms. The topological polar surface area (TPSA) is 80.5 Å². The van der Waals surface area contributed by atoms with Gasteiger partial charge in [0.25, 0.3) is 0 Å². The van der Waals surface area contributed by atoms with Crippen molar-refractivity contribution in [1.29, 1.82) is 0 Å². The number of hydrogen-bond donors (Lipinski definition) is 1. The average Bonchev–Trinajstić information content (AvgIpc) is 1.79. The number of hydrogen-bond acceptors (Lipinski definition) is 4. The first kappa shape index (κ1) is 10.4. The van der Waals surface area contributed by atoms with Crippen LogP contribution in [0.3, 0.4) is 0 Å². The number of carbonyl (C=O) groups is 1. The van der Waals surface area contributed by atoms with Crippen LogP contribution in [0.1, 0.15) is 6.92 Å². The van der Waals surface area contributed by atoms with E-state index in [1.165, 1.54) is 6.92 Å². The van der Waals surface area contributed by atoms with Crippen LogP contribution in [-0.4, -0.2) is 38.0 Å². The lowest BCUT2D eigenvalue weighted by Crippen LogP contribution is -2.37. The van der Waals surface area contributed by atoms with Crippen LogP contribution in [0, 0.1) is 0 Å². The van der Waals surface area contributed by atoms with Crippen LogP contribution in [0.4, 0.5) is 0 Å². The highest BCUT2D eigenvalue weighted by Gasteiger charge is 2.17. The number of rotatable bonds is 3. The third-order valence-electron chi connectivity index (χ3n) is 1.08. The molecule has 0 atom stereocenters. The van der Waals surface area contributed by atoms with E-state index in [2.05, 4.69) is 0 Å². The maximum atomic E-state index is 10.8. The van der Waals surface area contributed by atoms with Gasteiger partial charge < -0.3 is 5.73 Å². The number of nitrogens with zero attached hydrogens (tertiary/aromatic N) is 1. The molecule has 0 aromatic carbocycles. The van der Waals surface area contributed by atoms with E-state index < -0.39 is 15.9 Å². The van der Waals surface area contributed by atoms with E-state index in [9.17, 15) is 13.2 Å². The Bertz CT molecular complexity index is 234. The quantitative estimate of drug-likeness (QED) is 0.588. The molecule has 0 bridgehead atoms. The van der Waals surface area contributed by atoms with Crippen molar-refractivity contribution >= 4 is 15.9 Å². The Morgan fingerprint density at radius 1 is 1.55 bits per heavy atom. The fourth-order valence-electron chi connectivity index (χ4n) is 0.674. The minimum absolute atomic E-state index is 0.0498. The van der Waals surface area contributed by atoms with Crippen LogP contribution in [0.5, 0.6) is 0 Å². The third kappa shape index (κ3) is 3.33. The molecule has 0 aliphatic rings. The van der Waals surface area contributed by atoms with Gasteiger partial charge in [0.2, 0.25) is 15.9 Å². The number of sulfonamides is 1. The van der Waals surface area contributed by atoms with Gasteiger partial charge >= 0.3 is 0 Å². The fourth-order valence-corrected chi connectivity index (χ4v) is 1.58. The Labute approximate surface area is 66.2 Å². The van der Waals surface area contributed by atoms with Crippen LogP contribution in [0.25, 0.3) is 0 Å². The summed E-state index contributed by atoms with van der Waals surface area (Å²) in [4.78, 5) is 10.7. The normalized spacial score (nSPS) is 11.2. The smallest absolute Gasteiger partial charge is 0.234 e. The Morgan fingerprint density at radius 2 is 2.00 bits per heavy atom. The van der Waals surface area contributed by atoms with Gasteiger partial charge in [-0.15, -0.1) is 0 Å². The summed E-state index contributed by atoms with van der Waals surface area (Å²) in [6.45, 7) is 1.39. The van der Waals surface area contributed by atoms with Gasteiger partial charge in [-0.1, -0.05) is 0 Å². The Kier molecular flexibility index (Phi) is 3.47. The molecule has 1 amide bonds. The summed E-state index contributed by atoms with van der Waals surface area (Å²) in [6.07, 6.45) is 0.976. The minimum atomic E-state index is -3.42. The molecular formula is C5H12N2O3S. The summed E-state index contributed by atoms with van der Waals surface area (Å²) in [6, 6.07) is 0. The monoisotopic (exact) mass is 180 g/mol. The molecule has 0 saturated carbocycles. The first-order chi connectivity index (χ1) is 4.89. The van der Waals surface area contributed by atoms with E-state index in [1.54, 1.807) is 0 Å². The first-order valence-corrected chi connectivity index (χ1v) is 4.92. The van der Waals surface area contributed by atoms with Crippen molar-refractivity contribution in [2.45, 2.75) is 6.92 Å². The molecular weight excluding hydrogens is 168 g/mol. The van der Waals surface area contributed by atoms with Crippen molar-refractivity contribution in [3.8, 4) is 0 Å². The van der Waals surface area contributed by atoms with Crippen LogP contribution in [0.2, 0.25) is 0 Å². The highest BCUT2D eigenvalue weighted by molar-refractivity contribution is 7.88. The summed E-state index contributed by atoms with van der Waals surface area (Å²) in [7, 11) is -3.42. The Balaban J connectivity index is 4.49. The Morgan fingerprint density at radius 3 is 2.09 bits per heavy atom. The summed E-state index contributed by atoms with van der Waals surface area (Å²) in [5.74, 6) is -0.502. The second kappa shape index (κ2) is 3.68. The second-order valence-electron chi connectivity index (χ2n) is 2.14. The molecule has 0 aliphatic carbocycles. The number of amides is 1. The van der Waals surface area contributed by atoms with Crippen LogP contribution in [0.15, 0.2) is 0 Å². The van der Waals surface area contributed by atoms with Crippen LogP contribution >= 0.6 is 0 Å². The maximum Gasteiger partial charge on any atom is 0.234 e. The largest absolute Gasteiger partial charge is 0.329 e. The van der Waals surface area contributed by atoms with Gasteiger partial charge in [-0.3, -0.25) is 4.79 Å². The summed E-state index contributed by atoms with van der Waals surface area (Å²) in [5.41, 5.74) is 5.11. The molecule has 6 heteroatoms. The molecule has 0 aliphatic heterocycles. The van der Waals surface area contributed by atoms with Crippen molar-refractivity contribution in [3.63, 3.8) is 0 Å². The van der Waals surface area contributed by atoms with Gasteiger partial charge in [-0.25, -0.2) is 12.7 Å². The van der Waals surface area contributed by atoms with Crippen molar-refractivity contribution in [2.24, 2.45) is 5.73 Å². The highest BCUT2D eigenvalue weighted by atomic mass is 32.2. The van der Waals surface area contributed by atoms with Crippen molar-refractivity contribution < 1.29 is 13.2 Å². The molecule has 0 rings (SSSR count). The molecule has 0 radical (unpaired) electrons. The van der Waals surface area contributed by atoms with Crippen molar-refractivity contribution in [2.75, 3.05) is 19.3 Å².